The van der Waals surface area contributed by atoms with Crippen LogP contribution in [0.1, 0.15) is 12.1 Å². The quantitative estimate of drug-likeness (QED) is 0.768. The number of nitrogens with zero attached hydrogens (tertiary/aromatic N) is 4. The number of aromatic nitrogens is 4. The molecule has 0 saturated heterocycles. The van der Waals surface area contributed by atoms with Gasteiger partial charge < -0.3 is 9.67 Å². The van der Waals surface area contributed by atoms with Gasteiger partial charge in [0.05, 0.1) is 30.0 Å². The fourth-order valence-corrected chi connectivity index (χ4v) is 2.44. The number of fused-ring (bicyclic) bond motifs is 1. The zero-order valence-corrected chi connectivity index (χ0v) is 11.5. The predicted octanol–water partition coefficient (Wildman–Crippen LogP) is 1.76. The van der Waals surface area contributed by atoms with Gasteiger partial charge in [0.1, 0.15) is 0 Å². The average molecular weight is 270 g/mol. The highest BCUT2D eigenvalue weighted by Gasteiger charge is 2.09. The highest BCUT2D eigenvalue weighted by Crippen LogP contribution is 2.13. The number of hydrogen-bond acceptors (Lipinski definition) is 3. The number of benzene rings is 1. The Hall–Kier alpha value is -2.14. The third kappa shape index (κ3) is 2.58. The van der Waals surface area contributed by atoms with Gasteiger partial charge in [0.25, 0.3) is 0 Å². The van der Waals surface area contributed by atoms with Crippen molar-refractivity contribution >= 4 is 11.0 Å². The van der Waals surface area contributed by atoms with Crippen LogP contribution in [0.25, 0.3) is 11.0 Å². The van der Waals surface area contributed by atoms with E-state index in [1.54, 1.807) is 12.5 Å². The summed E-state index contributed by atoms with van der Waals surface area (Å²) in [7, 11) is 1.92. The molecular weight excluding hydrogens is 252 g/mol. The van der Waals surface area contributed by atoms with Crippen molar-refractivity contribution in [2.75, 3.05) is 0 Å². The summed E-state index contributed by atoms with van der Waals surface area (Å²) in [6.07, 6.45) is 4.72. The van der Waals surface area contributed by atoms with Gasteiger partial charge in [-0.3, -0.25) is 4.68 Å². The van der Waals surface area contributed by atoms with Gasteiger partial charge in [-0.1, -0.05) is 12.1 Å². The minimum atomic E-state index is -0.387. The summed E-state index contributed by atoms with van der Waals surface area (Å²) in [4.78, 5) is 4.33. The van der Waals surface area contributed by atoms with E-state index in [1.807, 2.05) is 46.6 Å². The first-order chi connectivity index (χ1) is 9.74. The fourth-order valence-electron chi connectivity index (χ4n) is 2.44. The van der Waals surface area contributed by atoms with Gasteiger partial charge in [0, 0.05) is 18.9 Å². The van der Waals surface area contributed by atoms with E-state index in [1.165, 1.54) is 0 Å². The van der Waals surface area contributed by atoms with Crippen LogP contribution >= 0.6 is 0 Å². The molecule has 5 nitrogen and oxygen atoms in total. The maximum Gasteiger partial charge on any atom is 0.0959 e. The van der Waals surface area contributed by atoms with E-state index in [0.717, 1.165) is 23.1 Å². The van der Waals surface area contributed by atoms with E-state index in [9.17, 15) is 5.11 Å². The van der Waals surface area contributed by atoms with Crippen molar-refractivity contribution in [1.82, 2.24) is 19.3 Å². The first-order valence-electron chi connectivity index (χ1n) is 6.79. The first kappa shape index (κ1) is 12.9. The molecule has 0 amide bonds. The molecule has 5 heteroatoms. The molecule has 0 radical (unpaired) electrons. The average Bonchev–Trinajstić information content (AvgIpc) is 3.04. The lowest BCUT2D eigenvalue weighted by atomic mass is 10.1. The van der Waals surface area contributed by atoms with Gasteiger partial charge in [-0.25, -0.2) is 4.98 Å². The molecule has 0 aliphatic carbocycles. The molecule has 2 aromatic heterocycles. The number of rotatable bonds is 5. The Labute approximate surface area is 117 Å². The van der Waals surface area contributed by atoms with Crippen LogP contribution in [0.15, 0.2) is 42.9 Å². The minimum Gasteiger partial charge on any atom is -0.391 e. The van der Waals surface area contributed by atoms with Gasteiger partial charge in [-0.05, 0) is 31.0 Å². The van der Waals surface area contributed by atoms with Gasteiger partial charge in [0.15, 0.2) is 0 Å². The molecule has 3 aromatic rings. The van der Waals surface area contributed by atoms with E-state index in [0.29, 0.717) is 13.0 Å². The van der Waals surface area contributed by atoms with Crippen LogP contribution in [0.3, 0.4) is 0 Å². The van der Waals surface area contributed by atoms with Gasteiger partial charge in [-0.2, -0.15) is 5.10 Å². The largest absolute Gasteiger partial charge is 0.391 e. The molecule has 0 saturated carbocycles. The maximum absolute atomic E-state index is 10.2. The highest BCUT2D eigenvalue weighted by molar-refractivity contribution is 5.74. The van der Waals surface area contributed by atoms with Crippen molar-refractivity contribution in [3.8, 4) is 0 Å². The van der Waals surface area contributed by atoms with E-state index >= 15 is 0 Å². The van der Waals surface area contributed by atoms with Crippen LogP contribution in [-0.2, 0) is 20.0 Å². The second-order valence-electron chi connectivity index (χ2n) is 5.02. The highest BCUT2D eigenvalue weighted by atomic mass is 16.3. The molecule has 1 aromatic carbocycles. The number of aliphatic hydroxyl groups is 1. The standard InChI is InChI=1S/C15H18N4O/c1-18-12(8-9-17-18)6-7-13(20)10-19-11-16-14-4-2-3-5-15(14)19/h2-5,8-9,11,13,20H,6-7,10H2,1H3. The lowest BCUT2D eigenvalue weighted by Gasteiger charge is -2.12. The molecular formula is C15H18N4O. The SMILES string of the molecule is Cn1nccc1CCC(O)Cn1cnc2ccccc21. The van der Waals surface area contributed by atoms with Crippen LogP contribution in [0.5, 0.6) is 0 Å². The zero-order valence-electron chi connectivity index (χ0n) is 11.5. The number of para-hydroxylation sites is 2. The van der Waals surface area contributed by atoms with Crippen LogP contribution in [0, 0.1) is 0 Å². The molecule has 2 heterocycles. The number of imidazole rings is 1. The number of aliphatic hydroxyl groups excluding tert-OH is 1. The molecule has 104 valence electrons. The van der Waals surface area contributed by atoms with Crippen molar-refractivity contribution in [3.05, 3.63) is 48.5 Å². The predicted molar refractivity (Wildman–Crippen MR) is 77.3 cm³/mol. The summed E-state index contributed by atoms with van der Waals surface area (Å²) in [5.41, 5.74) is 3.16. The monoisotopic (exact) mass is 270 g/mol. The number of hydrogen-bond donors (Lipinski definition) is 1. The third-order valence-electron chi connectivity index (χ3n) is 3.59. The molecule has 20 heavy (non-hydrogen) atoms. The van der Waals surface area contributed by atoms with Crippen molar-refractivity contribution < 1.29 is 5.11 Å². The Kier molecular flexibility index (Phi) is 3.52. The second kappa shape index (κ2) is 5.46. The summed E-state index contributed by atoms with van der Waals surface area (Å²) < 4.78 is 3.85. The van der Waals surface area contributed by atoms with Crippen molar-refractivity contribution in [2.24, 2.45) is 7.05 Å². The molecule has 0 spiro atoms. The van der Waals surface area contributed by atoms with Crippen molar-refractivity contribution in [3.63, 3.8) is 0 Å². The lowest BCUT2D eigenvalue weighted by Crippen LogP contribution is -2.16. The lowest BCUT2D eigenvalue weighted by molar-refractivity contribution is 0.145. The minimum absolute atomic E-state index is 0.387. The van der Waals surface area contributed by atoms with Crippen LogP contribution in [0.4, 0.5) is 0 Å². The smallest absolute Gasteiger partial charge is 0.0959 e. The Balaban J connectivity index is 1.64. The normalized spacial score (nSPS) is 12.9. The van der Waals surface area contributed by atoms with E-state index in [2.05, 4.69) is 10.1 Å². The molecule has 0 fully saturated rings. The summed E-state index contributed by atoms with van der Waals surface area (Å²) in [6.45, 7) is 0.568. The van der Waals surface area contributed by atoms with E-state index in [-0.39, 0.29) is 6.10 Å². The Morgan fingerprint density at radius 1 is 1.25 bits per heavy atom. The van der Waals surface area contributed by atoms with Crippen molar-refractivity contribution in [2.45, 2.75) is 25.5 Å². The zero-order chi connectivity index (χ0) is 13.9. The first-order valence-corrected chi connectivity index (χ1v) is 6.79. The summed E-state index contributed by atoms with van der Waals surface area (Å²) >= 11 is 0. The summed E-state index contributed by atoms with van der Waals surface area (Å²) in [5.74, 6) is 0. The van der Waals surface area contributed by atoms with Crippen LogP contribution in [-0.4, -0.2) is 30.5 Å². The molecule has 3 rings (SSSR count). The Morgan fingerprint density at radius 2 is 2.10 bits per heavy atom. The Morgan fingerprint density at radius 3 is 2.90 bits per heavy atom. The van der Waals surface area contributed by atoms with Crippen LogP contribution < -0.4 is 0 Å². The van der Waals surface area contributed by atoms with Gasteiger partial charge >= 0.3 is 0 Å². The summed E-state index contributed by atoms with van der Waals surface area (Å²) in [5, 5.41) is 14.3. The fraction of sp³-hybridized carbons (Fsp3) is 0.333. The topological polar surface area (TPSA) is 55.9 Å². The number of aryl methyl sites for hydroxylation is 2. The molecule has 0 aliphatic heterocycles. The summed E-state index contributed by atoms with van der Waals surface area (Å²) in [6, 6.07) is 9.95. The second-order valence-corrected chi connectivity index (χ2v) is 5.02. The van der Waals surface area contributed by atoms with Gasteiger partial charge in [0.2, 0.25) is 0 Å². The molecule has 0 aliphatic rings. The molecule has 1 unspecified atom stereocenters. The van der Waals surface area contributed by atoms with E-state index in [4.69, 9.17) is 0 Å². The molecule has 1 atom stereocenters. The van der Waals surface area contributed by atoms with Crippen LogP contribution in [0.2, 0.25) is 0 Å². The maximum atomic E-state index is 10.2. The third-order valence-corrected chi connectivity index (χ3v) is 3.59. The van der Waals surface area contributed by atoms with Crippen molar-refractivity contribution in [1.29, 1.82) is 0 Å². The molecule has 1 N–H and O–H groups in total. The Bertz CT molecular complexity index is 701. The molecule has 0 bridgehead atoms. The van der Waals surface area contributed by atoms with E-state index < -0.39 is 0 Å². The van der Waals surface area contributed by atoms with Gasteiger partial charge in [-0.15, -0.1) is 0 Å².